The molecule has 0 aliphatic carbocycles. The van der Waals surface area contributed by atoms with Crippen LogP contribution in [-0.2, 0) is 23.8 Å². The topological polar surface area (TPSA) is 69.7 Å². The summed E-state index contributed by atoms with van der Waals surface area (Å²) in [6, 6.07) is 0. The van der Waals surface area contributed by atoms with E-state index in [0.717, 1.165) is 0 Å². The van der Waals surface area contributed by atoms with E-state index in [0.29, 0.717) is 0 Å². The van der Waals surface area contributed by atoms with Gasteiger partial charge >= 0.3 is 5.97 Å². The summed E-state index contributed by atoms with van der Waals surface area (Å²) in [6.07, 6.45) is 0. The third-order valence-corrected chi connectivity index (χ3v) is 2.43. The fourth-order valence-corrected chi connectivity index (χ4v) is 2.09. The van der Waals surface area contributed by atoms with Crippen molar-refractivity contribution in [3.8, 4) is 0 Å². The number of carbonyl (C=O) groups excluding carboxylic acids is 1. The summed E-state index contributed by atoms with van der Waals surface area (Å²) in [6.45, 7) is 9.80. The van der Waals surface area contributed by atoms with Gasteiger partial charge in [0.25, 0.3) is 10.1 Å². The van der Waals surface area contributed by atoms with Crippen LogP contribution in [0.15, 0.2) is 0 Å². The van der Waals surface area contributed by atoms with Crippen LogP contribution >= 0.6 is 0 Å². The molecule has 0 fully saturated rings. The number of esters is 1. The lowest BCUT2D eigenvalue weighted by Gasteiger charge is -2.21. The third kappa shape index (κ3) is 8.67. The Morgan fingerprint density at radius 1 is 1.00 bits per heavy atom. The Bertz CT molecular complexity index is 342. The van der Waals surface area contributed by atoms with Crippen LogP contribution in [0.2, 0.25) is 0 Å². The molecule has 0 aromatic rings. The van der Waals surface area contributed by atoms with Gasteiger partial charge in [0, 0.05) is 0 Å². The highest BCUT2D eigenvalue weighted by Gasteiger charge is 2.27. The Labute approximate surface area is 97.2 Å². The van der Waals surface area contributed by atoms with Gasteiger partial charge in [0.2, 0.25) is 0 Å². The first-order chi connectivity index (χ1) is 6.81. The van der Waals surface area contributed by atoms with E-state index in [9.17, 15) is 13.2 Å². The molecule has 0 aromatic heterocycles. The monoisotopic (exact) mass is 252 g/mol. The highest BCUT2D eigenvalue weighted by molar-refractivity contribution is 7.87. The molecule has 16 heavy (non-hydrogen) atoms. The van der Waals surface area contributed by atoms with Gasteiger partial charge in [-0.3, -0.25) is 8.98 Å². The van der Waals surface area contributed by atoms with Crippen molar-refractivity contribution in [3.63, 3.8) is 0 Å². The molecule has 0 bridgehead atoms. The highest BCUT2D eigenvalue weighted by atomic mass is 32.2. The molecule has 0 atom stereocenters. The predicted octanol–water partition coefficient (Wildman–Crippen LogP) is 1.47. The maximum absolute atomic E-state index is 11.4. The lowest BCUT2D eigenvalue weighted by atomic mass is 10.2. The predicted molar refractivity (Wildman–Crippen MR) is 60.5 cm³/mol. The second-order valence-electron chi connectivity index (χ2n) is 5.48. The Morgan fingerprint density at radius 3 is 1.75 bits per heavy atom. The molecule has 0 aliphatic heterocycles. The van der Waals surface area contributed by atoms with E-state index >= 15 is 0 Å². The van der Waals surface area contributed by atoms with Gasteiger partial charge in [0.15, 0.2) is 5.75 Å². The van der Waals surface area contributed by atoms with E-state index in [2.05, 4.69) is 0 Å². The first-order valence-electron chi connectivity index (χ1n) is 4.96. The number of hydrogen-bond acceptors (Lipinski definition) is 5. The van der Waals surface area contributed by atoms with Crippen molar-refractivity contribution in [1.82, 2.24) is 0 Å². The number of ether oxygens (including phenoxy) is 1. The van der Waals surface area contributed by atoms with Crippen molar-refractivity contribution >= 4 is 16.1 Å². The largest absolute Gasteiger partial charge is 0.459 e. The average molecular weight is 252 g/mol. The average Bonchev–Trinajstić information content (AvgIpc) is 1.70. The quantitative estimate of drug-likeness (QED) is 0.562. The lowest BCUT2D eigenvalue weighted by molar-refractivity contribution is -0.151. The summed E-state index contributed by atoms with van der Waals surface area (Å²) in [7, 11) is -3.89. The van der Waals surface area contributed by atoms with E-state index in [1.165, 1.54) is 0 Å². The van der Waals surface area contributed by atoms with E-state index in [1.54, 1.807) is 41.5 Å². The van der Waals surface area contributed by atoms with Crippen molar-refractivity contribution in [2.45, 2.75) is 52.7 Å². The van der Waals surface area contributed by atoms with Gasteiger partial charge in [-0.2, -0.15) is 8.42 Å². The zero-order chi connectivity index (χ0) is 13.2. The fourth-order valence-electron chi connectivity index (χ4n) is 0.926. The lowest BCUT2D eigenvalue weighted by Crippen LogP contribution is -2.32. The van der Waals surface area contributed by atoms with Gasteiger partial charge in [-0.15, -0.1) is 0 Å². The van der Waals surface area contributed by atoms with Crippen LogP contribution in [0.25, 0.3) is 0 Å². The highest BCUT2D eigenvalue weighted by Crippen LogP contribution is 2.13. The second-order valence-corrected chi connectivity index (χ2v) is 7.05. The Kier molecular flexibility index (Phi) is 4.53. The standard InChI is InChI=1S/C10H20O5S/c1-9(2,3)14-8(11)7-16(12,13)15-10(4,5)6/h7H2,1-6H3. The van der Waals surface area contributed by atoms with E-state index < -0.39 is 33.0 Å². The Balaban J connectivity index is 4.45. The minimum absolute atomic E-state index is 0.700. The molecule has 5 nitrogen and oxygen atoms in total. The Hall–Kier alpha value is -0.620. The molecule has 0 amide bonds. The van der Waals surface area contributed by atoms with Crippen LogP contribution < -0.4 is 0 Å². The van der Waals surface area contributed by atoms with Gasteiger partial charge in [0.1, 0.15) is 5.60 Å². The van der Waals surface area contributed by atoms with Gasteiger partial charge in [-0.05, 0) is 41.5 Å². The summed E-state index contributed by atoms with van der Waals surface area (Å²) >= 11 is 0. The minimum Gasteiger partial charge on any atom is -0.459 e. The SMILES string of the molecule is CC(C)(C)OC(=O)CS(=O)(=O)OC(C)(C)C. The first kappa shape index (κ1) is 15.4. The van der Waals surface area contributed by atoms with Crippen LogP contribution in [0, 0.1) is 0 Å². The molecule has 0 saturated heterocycles. The molecule has 0 aromatic carbocycles. The zero-order valence-electron chi connectivity index (χ0n) is 10.7. The summed E-state index contributed by atoms with van der Waals surface area (Å²) in [4.78, 5) is 11.3. The number of carbonyl (C=O) groups is 1. The van der Waals surface area contributed by atoms with E-state index in [4.69, 9.17) is 8.92 Å². The summed E-state index contributed by atoms with van der Waals surface area (Å²) in [5.41, 5.74) is -1.55. The molecule has 0 rings (SSSR count). The van der Waals surface area contributed by atoms with Crippen LogP contribution in [0.5, 0.6) is 0 Å². The van der Waals surface area contributed by atoms with E-state index in [1.807, 2.05) is 0 Å². The third-order valence-electron chi connectivity index (χ3n) is 1.09. The number of hydrogen-bond donors (Lipinski definition) is 0. The Morgan fingerprint density at radius 2 is 1.44 bits per heavy atom. The first-order valence-corrected chi connectivity index (χ1v) is 6.54. The summed E-state index contributed by atoms with van der Waals surface area (Å²) in [5, 5.41) is 0. The molecule has 0 N–H and O–H groups in total. The van der Waals surface area contributed by atoms with Crippen LogP contribution in [0.1, 0.15) is 41.5 Å². The second kappa shape index (κ2) is 4.71. The zero-order valence-corrected chi connectivity index (χ0v) is 11.5. The van der Waals surface area contributed by atoms with Gasteiger partial charge in [-0.1, -0.05) is 0 Å². The van der Waals surface area contributed by atoms with E-state index in [-0.39, 0.29) is 0 Å². The van der Waals surface area contributed by atoms with Gasteiger partial charge in [-0.25, -0.2) is 0 Å². The van der Waals surface area contributed by atoms with Crippen LogP contribution in [0.4, 0.5) is 0 Å². The molecule has 6 heteroatoms. The smallest absolute Gasteiger partial charge is 0.324 e. The summed E-state index contributed by atoms with van der Waals surface area (Å²) < 4.78 is 32.5. The maximum Gasteiger partial charge on any atom is 0.324 e. The summed E-state index contributed by atoms with van der Waals surface area (Å²) in [5.74, 6) is -1.57. The number of rotatable bonds is 3. The molecular weight excluding hydrogens is 232 g/mol. The van der Waals surface area contributed by atoms with Crippen molar-refractivity contribution in [3.05, 3.63) is 0 Å². The van der Waals surface area contributed by atoms with Crippen molar-refractivity contribution in [2.75, 3.05) is 5.75 Å². The molecule has 0 radical (unpaired) electrons. The molecule has 0 heterocycles. The van der Waals surface area contributed by atoms with Crippen molar-refractivity contribution in [2.24, 2.45) is 0 Å². The fraction of sp³-hybridized carbons (Fsp3) is 0.900. The van der Waals surface area contributed by atoms with Crippen molar-refractivity contribution in [1.29, 1.82) is 0 Å². The molecule has 96 valence electrons. The minimum atomic E-state index is -3.89. The van der Waals surface area contributed by atoms with Crippen LogP contribution in [0.3, 0.4) is 0 Å². The molecule has 0 unspecified atom stereocenters. The van der Waals surface area contributed by atoms with Gasteiger partial charge in [0.05, 0.1) is 5.60 Å². The van der Waals surface area contributed by atoms with Crippen LogP contribution in [-0.4, -0.2) is 31.3 Å². The molecular formula is C10H20O5S. The maximum atomic E-state index is 11.4. The normalized spacial score (nSPS) is 13.6. The van der Waals surface area contributed by atoms with Gasteiger partial charge < -0.3 is 4.74 Å². The molecule has 0 aliphatic rings. The van der Waals surface area contributed by atoms with Crippen molar-refractivity contribution < 1.29 is 22.1 Å². The molecule has 0 spiro atoms. The molecule has 0 saturated carbocycles.